The average molecular weight is 402 g/mol. The van der Waals surface area contributed by atoms with Crippen LogP contribution in [0.4, 0.5) is 0 Å². The summed E-state index contributed by atoms with van der Waals surface area (Å²) in [7, 11) is 1.92. The fourth-order valence-electron chi connectivity index (χ4n) is 4.00. The lowest BCUT2D eigenvalue weighted by Crippen LogP contribution is -1.90. The van der Waals surface area contributed by atoms with E-state index in [4.69, 9.17) is 0 Å². The molecule has 0 spiro atoms. The standard InChI is InChI=1S/C25H18N6/c1-31-15-17(14-27-31)16-9-10-23-20(12-16)25(30-29-23)24-13-19-18(21-7-4-5-11-26-21)6-2-3-8-22(19)28-24/h2,4-15,28H,1H3,(H,29,30). The topological polar surface area (TPSA) is 75.2 Å². The number of H-pyrrole nitrogens is 2. The van der Waals surface area contributed by atoms with Crippen molar-refractivity contribution < 1.29 is 0 Å². The van der Waals surface area contributed by atoms with Gasteiger partial charge in [-0.25, -0.2) is 0 Å². The zero-order valence-corrected chi connectivity index (χ0v) is 16.8. The molecule has 6 rings (SSSR count). The highest BCUT2D eigenvalue weighted by atomic mass is 15.2. The minimum absolute atomic E-state index is 0.881. The summed E-state index contributed by atoms with van der Waals surface area (Å²) < 4.78 is 1.81. The SMILES string of the molecule is Cn1cc(-c2ccc3[nH]nc(-c4cc5c([nH]4)C=C=CC=C5c4ccccn4)c3c2)cn1. The fraction of sp³-hybridized carbons (Fsp3) is 0.0400. The Morgan fingerprint density at radius 1 is 1.06 bits per heavy atom. The number of aromatic amines is 2. The molecule has 0 unspecified atom stereocenters. The molecular formula is C25H18N6. The minimum Gasteiger partial charge on any atom is -0.353 e. The van der Waals surface area contributed by atoms with Crippen LogP contribution in [0, 0.1) is 0 Å². The van der Waals surface area contributed by atoms with Crippen LogP contribution in [0.1, 0.15) is 17.0 Å². The first-order chi connectivity index (χ1) is 15.3. The second-order valence-corrected chi connectivity index (χ2v) is 7.52. The highest BCUT2D eigenvalue weighted by Crippen LogP contribution is 2.35. The molecule has 4 heterocycles. The van der Waals surface area contributed by atoms with Crippen LogP contribution >= 0.6 is 0 Å². The number of hydrogen-bond acceptors (Lipinski definition) is 3. The predicted molar refractivity (Wildman–Crippen MR) is 122 cm³/mol. The Morgan fingerprint density at radius 2 is 2.03 bits per heavy atom. The van der Waals surface area contributed by atoms with E-state index in [0.29, 0.717) is 0 Å². The van der Waals surface area contributed by atoms with Gasteiger partial charge in [-0.3, -0.25) is 14.8 Å². The van der Waals surface area contributed by atoms with E-state index in [0.717, 1.165) is 55.9 Å². The molecule has 2 N–H and O–H groups in total. The van der Waals surface area contributed by atoms with Crippen LogP contribution in [0.25, 0.3) is 45.1 Å². The Morgan fingerprint density at radius 3 is 2.87 bits per heavy atom. The molecule has 0 saturated heterocycles. The molecule has 148 valence electrons. The normalized spacial score (nSPS) is 12.7. The fourth-order valence-corrected chi connectivity index (χ4v) is 4.00. The number of hydrogen-bond donors (Lipinski definition) is 2. The lowest BCUT2D eigenvalue weighted by atomic mass is 10.0. The minimum atomic E-state index is 0.881. The van der Waals surface area contributed by atoms with E-state index in [9.17, 15) is 0 Å². The Balaban J connectivity index is 1.49. The maximum atomic E-state index is 4.62. The van der Waals surface area contributed by atoms with Gasteiger partial charge >= 0.3 is 0 Å². The van der Waals surface area contributed by atoms with Crippen LogP contribution in [-0.4, -0.2) is 29.9 Å². The van der Waals surface area contributed by atoms with Crippen LogP contribution in [0.15, 0.2) is 78.9 Å². The van der Waals surface area contributed by atoms with E-state index in [2.05, 4.69) is 55.3 Å². The van der Waals surface area contributed by atoms with Gasteiger partial charge in [0, 0.05) is 47.6 Å². The molecule has 0 bridgehead atoms. The molecule has 0 saturated carbocycles. The van der Waals surface area contributed by atoms with Crippen molar-refractivity contribution in [3.05, 3.63) is 95.9 Å². The van der Waals surface area contributed by atoms with Crippen LogP contribution in [-0.2, 0) is 7.05 Å². The molecule has 1 aliphatic carbocycles. The Hall–Kier alpha value is -4.41. The van der Waals surface area contributed by atoms with Crippen LogP contribution in [0.2, 0.25) is 0 Å². The molecule has 0 fully saturated rings. The van der Waals surface area contributed by atoms with E-state index >= 15 is 0 Å². The number of nitrogens with one attached hydrogen (secondary N) is 2. The molecule has 6 heteroatoms. The number of benzene rings is 1. The third-order valence-corrected chi connectivity index (χ3v) is 5.51. The zero-order chi connectivity index (χ0) is 20.8. The van der Waals surface area contributed by atoms with Gasteiger partial charge in [-0.1, -0.05) is 12.1 Å². The highest BCUT2D eigenvalue weighted by molar-refractivity contribution is 5.96. The summed E-state index contributed by atoms with van der Waals surface area (Å²) in [5, 5.41) is 13.1. The molecular weight excluding hydrogens is 384 g/mol. The summed E-state index contributed by atoms with van der Waals surface area (Å²) in [6, 6.07) is 14.4. The van der Waals surface area contributed by atoms with Crippen molar-refractivity contribution >= 4 is 22.6 Å². The monoisotopic (exact) mass is 402 g/mol. The molecule has 4 aromatic heterocycles. The lowest BCUT2D eigenvalue weighted by Gasteiger charge is -2.04. The van der Waals surface area contributed by atoms with Crippen LogP contribution in [0.5, 0.6) is 0 Å². The summed E-state index contributed by atoms with van der Waals surface area (Å²) in [6.45, 7) is 0. The van der Waals surface area contributed by atoms with Gasteiger partial charge in [0.2, 0.25) is 0 Å². The summed E-state index contributed by atoms with van der Waals surface area (Å²) in [5.74, 6) is 0. The second kappa shape index (κ2) is 6.83. The lowest BCUT2D eigenvalue weighted by molar-refractivity contribution is 0.768. The first kappa shape index (κ1) is 17.4. The van der Waals surface area contributed by atoms with E-state index in [1.165, 1.54) is 0 Å². The molecule has 6 nitrogen and oxygen atoms in total. The van der Waals surface area contributed by atoms with Gasteiger partial charge < -0.3 is 4.98 Å². The predicted octanol–water partition coefficient (Wildman–Crippen LogP) is 4.97. The van der Waals surface area contributed by atoms with Crippen LogP contribution < -0.4 is 0 Å². The molecule has 1 aliphatic rings. The number of aromatic nitrogens is 6. The van der Waals surface area contributed by atoms with Gasteiger partial charge in [-0.2, -0.15) is 10.2 Å². The van der Waals surface area contributed by atoms with Gasteiger partial charge in [0.25, 0.3) is 0 Å². The summed E-state index contributed by atoms with van der Waals surface area (Å²) in [4.78, 5) is 8.06. The van der Waals surface area contributed by atoms with Gasteiger partial charge in [-0.05, 0) is 48.0 Å². The number of nitrogens with zero attached hydrogens (tertiary/aromatic N) is 4. The van der Waals surface area contributed by atoms with Gasteiger partial charge in [0.1, 0.15) is 5.69 Å². The quantitative estimate of drug-likeness (QED) is 0.419. The Bertz CT molecular complexity index is 1520. The first-order valence-corrected chi connectivity index (χ1v) is 10.0. The summed E-state index contributed by atoms with van der Waals surface area (Å²) >= 11 is 0. The van der Waals surface area contributed by atoms with Gasteiger partial charge in [0.05, 0.1) is 28.8 Å². The number of rotatable bonds is 3. The number of fused-ring (bicyclic) bond motifs is 2. The largest absolute Gasteiger partial charge is 0.353 e. The molecule has 5 aromatic rings. The van der Waals surface area contributed by atoms with Crippen molar-refractivity contribution in [3.8, 4) is 22.5 Å². The highest BCUT2D eigenvalue weighted by Gasteiger charge is 2.18. The van der Waals surface area contributed by atoms with Crippen molar-refractivity contribution in [1.82, 2.24) is 29.9 Å². The molecule has 0 radical (unpaired) electrons. The third-order valence-electron chi connectivity index (χ3n) is 5.51. The van der Waals surface area contributed by atoms with Crippen molar-refractivity contribution in [2.45, 2.75) is 0 Å². The average Bonchev–Trinajstić information content (AvgIpc) is 3.49. The molecule has 1 aromatic carbocycles. The van der Waals surface area contributed by atoms with Crippen molar-refractivity contribution in [3.63, 3.8) is 0 Å². The smallest absolute Gasteiger partial charge is 0.116 e. The Kier molecular flexibility index (Phi) is 3.85. The molecule has 31 heavy (non-hydrogen) atoms. The van der Waals surface area contributed by atoms with Crippen LogP contribution in [0.3, 0.4) is 0 Å². The maximum absolute atomic E-state index is 4.62. The first-order valence-electron chi connectivity index (χ1n) is 10.0. The van der Waals surface area contributed by atoms with E-state index in [1.807, 2.05) is 66.7 Å². The van der Waals surface area contributed by atoms with E-state index in [1.54, 1.807) is 0 Å². The molecule has 0 atom stereocenters. The summed E-state index contributed by atoms with van der Waals surface area (Å²) in [5.41, 5.74) is 12.2. The third kappa shape index (κ3) is 2.94. The van der Waals surface area contributed by atoms with Crippen molar-refractivity contribution in [2.24, 2.45) is 7.05 Å². The molecule has 0 aliphatic heterocycles. The zero-order valence-electron chi connectivity index (χ0n) is 16.8. The summed E-state index contributed by atoms with van der Waals surface area (Å²) in [6.07, 6.45) is 11.6. The number of aryl methyl sites for hydroxylation is 1. The van der Waals surface area contributed by atoms with E-state index < -0.39 is 0 Å². The van der Waals surface area contributed by atoms with E-state index in [-0.39, 0.29) is 0 Å². The van der Waals surface area contributed by atoms with Crippen molar-refractivity contribution in [2.75, 3.05) is 0 Å². The second-order valence-electron chi connectivity index (χ2n) is 7.52. The molecule has 0 amide bonds. The maximum Gasteiger partial charge on any atom is 0.116 e. The Labute approximate surface area is 178 Å². The van der Waals surface area contributed by atoms with Crippen molar-refractivity contribution in [1.29, 1.82) is 0 Å². The number of pyridine rings is 1. The van der Waals surface area contributed by atoms with Gasteiger partial charge in [0.15, 0.2) is 0 Å². The van der Waals surface area contributed by atoms with Gasteiger partial charge in [-0.15, -0.1) is 5.73 Å². The number of allylic oxidation sites excluding steroid dienone is 2.